The minimum absolute atomic E-state index is 0.0502. The smallest absolute Gasteiger partial charge is 0.269 e. The minimum atomic E-state index is -0.506. The summed E-state index contributed by atoms with van der Waals surface area (Å²) in [5.74, 6) is -0.0828. The average Bonchev–Trinajstić information content (AvgIpc) is 3.16. The number of hydrogen-bond donors (Lipinski definition) is 1. The summed E-state index contributed by atoms with van der Waals surface area (Å²) in [4.78, 5) is 22.3. The van der Waals surface area contributed by atoms with E-state index < -0.39 is 4.92 Å². The van der Waals surface area contributed by atoms with Crippen molar-refractivity contribution in [3.63, 3.8) is 0 Å². The maximum atomic E-state index is 13.2. The van der Waals surface area contributed by atoms with Crippen LogP contribution in [0.3, 0.4) is 0 Å². The molecule has 0 saturated carbocycles. The van der Waals surface area contributed by atoms with Crippen LogP contribution in [-0.2, 0) is 4.79 Å². The lowest BCUT2D eigenvalue weighted by molar-refractivity contribution is -0.384. The number of carbonyl (C=O) groups is 1. The molecule has 0 saturated heterocycles. The topological polar surface area (TPSA) is 115 Å². The first-order valence-electron chi connectivity index (χ1n) is 8.65. The molecule has 0 fully saturated rings. The van der Waals surface area contributed by atoms with Gasteiger partial charge in [-0.2, -0.15) is 9.61 Å². The molecule has 1 N–H and O–H groups in total. The first kappa shape index (κ1) is 19.5. The summed E-state index contributed by atoms with van der Waals surface area (Å²) in [5, 5.41) is 26.5. The molecule has 4 aromatic rings. The Morgan fingerprint density at radius 2 is 1.80 bits per heavy atom. The Kier molecular flexibility index (Phi) is 5.35. The van der Waals surface area contributed by atoms with Gasteiger partial charge in [0.05, 0.1) is 10.7 Å². The van der Waals surface area contributed by atoms with Gasteiger partial charge >= 0.3 is 0 Å². The third-order valence-electron chi connectivity index (χ3n) is 4.05. The van der Waals surface area contributed by atoms with Crippen LogP contribution in [0.5, 0.6) is 0 Å². The Morgan fingerprint density at radius 3 is 2.50 bits per heavy atom. The number of nitro benzene ring substituents is 1. The molecule has 0 radical (unpaired) electrons. The predicted molar refractivity (Wildman–Crippen MR) is 109 cm³/mol. The van der Waals surface area contributed by atoms with Gasteiger partial charge in [-0.05, 0) is 48.5 Å². The Bertz CT molecular complexity index is 1230. The number of carbonyl (C=O) groups excluding carboxylic acids is 1. The van der Waals surface area contributed by atoms with E-state index in [-0.39, 0.29) is 23.2 Å². The summed E-state index contributed by atoms with van der Waals surface area (Å²) in [5.41, 5.74) is 1.60. The summed E-state index contributed by atoms with van der Waals surface area (Å²) < 4.78 is 14.7. The number of nitro groups is 1. The van der Waals surface area contributed by atoms with Crippen molar-refractivity contribution in [3.05, 3.63) is 76.6 Å². The molecular weight excluding hydrogens is 411 g/mol. The van der Waals surface area contributed by atoms with E-state index in [2.05, 4.69) is 20.6 Å². The van der Waals surface area contributed by atoms with Crippen molar-refractivity contribution < 1.29 is 14.1 Å². The molecule has 2 heterocycles. The molecule has 30 heavy (non-hydrogen) atoms. The summed E-state index contributed by atoms with van der Waals surface area (Å²) in [6, 6.07) is 14.9. The molecule has 0 unspecified atom stereocenters. The molecule has 0 atom stereocenters. The third-order valence-corrected chi connectivity index (χ3v) is 4.97. The van der Waals surface area contributed by atoms with E-state index in [9.17, 15) is 19.3 Å². The first-order chi connectivity index (χ1) is 14.5. The fourth-order valence-electron chi connectivity index (χ4n) is 2.63. The van der Waals surface area contributed by atoms with Gasteiger partial charge in [0.15, 0.2) is 11.5 Å². The van der Waals surface area contributed by atoms with Crippen molar-refractivity contribution in [3.8, 4) is 11.4 Å². The van der Waals surface area contributed by atoms with E-state index in [4.69, 9.17) is 0 Å². The highest BCUT2D eigenvalue weighted by Crippen LogP contribution is 2.21. The maximum absolute atomic E-state index is 13.2. The Hall–Kier alpha value is -3.86. The van der Waals surface area contributed by atoms with Crippen LogP contribution in [0.2, 0.25) is 0 Å². The number of non-ortho nitro benzene ring substituents is 1. The van der Waals surface area contributed by atoms with Gasteiger partial charge in [0.2, 0.25) is 5.91 Å². The molecule has 0 aliphatic heterocycles. The molecule has 0 spiro atoms. The number of aromatic nitrogens is 4. The molecule has 11 heteroatoms. The lowest BCUT2D eigenvalue weighted by atomic mass is 10.2. The van der Waals surface area contributed by atoms with Crippen molar-refractivity contribution in [2.24, 2.45) is 0 Å². The molecule has 0 aliphatic rings. The lowest BCUT2D eigenvalue weighted by Crippen LogP contribution is -2.14. The monoisotopic (exact) mass is 424 g/mol. The molecule has 9 nitrogen and oxygen atoms in total. The highest BCUT2D eigenvalue weighted by Gasteiger charge is 2.12. The molecular formula is C19H13FN6O3S. The Balaban J connectivity index is 1.44. The Labute approximate surface area is 173 Å². The summed E-state index contributed by atoms with van der Waals surface area (Å²) >= 11 is 1.21. The zero-order chi connectivity index (χ0) is 21.1. The molecule has 0 aliphatic carbocycles. The summed E-state index contributed by atoms with van der Waals surface area (Å²) in [6.07, 6.45) is 0. The van der Waals surface area contributed by atoms with Gasteiger partial charge in [0, 0.05) is 23.4 Å². The zero-order valence-electron chi connectivity index (χ0n) is 15.2. The number of rotatable bonds is 6. The van der Waals surface area contributed by atoms with Crippen molar-refractivity contribution in [1.82, 2.24) is 19.8 Å². The van der Waals surface area contributed by atoms with E-state index in [1.807, 2.05) is 0 Å². The van der Waals surface area contributed by atoms with Gasteiger partial charge in [-0.3, -0.25) is 14.9 Å². The van der Waals surface area contributed by atoms with Crippen LogP contribution < -0.4 is 5.32 Å². The quantitative estimate of drug-likeness (QED) is 0.286. The normalized spacial score (nSPS) is 10.8. The first-order valence-corrected chi connectivity index (χ1v) is 9.64. The summed E-state index contributed by atoms with van der Waals surface area (Å²) in [6.45, 7) is 0. The number of hydrogen-bond acceptors (Lipinski definition) is 7. The molecule has 2 aromatic carbocycles. The molecule has 1 amide bonds. The van der Waals surface area contributed by atoms with Crippen LogP contribution in [-0.4, -0.2) is 36.4 Å². The maximum Gasteiger partial charge on any atom is 0.269 e. The van der Waals surface area contributed by atoms with Crippen LogP contribution >= 0.6 is 11.8 Å². The van der Waals surface area contributed by atoms with Gasteiger partial charge in [-0.25, -0.2) is 4.39 Å². The van der Waals surface area contributed by atoms with Gasteiger partial charge in [-0.15, -0.1) is 10.2 Å². The van der Waals surface area contributed by atoms with Crippen molar-refractivity contribution in [1.29, 1.82) is 0 Å². The van der Waals surface area contributed by atoms with Gasteiger partial charge in [-0.1, -0.05) is 11.8 Å². The van der Waals surface area contributed by atoms with Crippen molar-refractivity contribution in [2.75, 3.05) is 11.1 Å². The lowest BCUT2D eigenvalue weighted by Gasteiger charge is -2.05. The average molecular weight is 424 g/mol. The van der Waals surface area contributed by atoms with Crippen LogP contribution in [0.4, 0.5) is 15.8 Å². The van der Waals surface area contributed by atoms with E-state index in [1.54, 1.807) is 24.3 Å². The summed E-state index contributed by atoms with van der Waals surface area (Å²) in [7, 11) is 0. The minimum Gasteiger partial charge on any atom is -0.325 e. The number of amides is 1. The van der Waals surface area contributed by atoms with Crippen LogP contribution in [0.1, 0.15) is 0 Å². The number of anilines is 1. The highest BCUT2D eigenvalue weighted by molar-refractivity contribution is 7.99. The predicted octanol–water partition coefficient (Wildman–Crippen LogP) is 3.57. The standard InChI is InChI=1S/C19H13FN6O3S/c20-13-3-1-12(2-4-13)19-23-22-16-9-10-18(24-25(16)19)30-11-17(27)21-14-5-7-15(8-6-14)26(28)29/h1-10H,11H2,(H,21,27). The molecule has 4 rings (SSSR count). The number of thioether (sulfide) groups is 1. The van der Waals surface area contributed by atoms with Crippen LogP contribution in [0.25, 0.3) is 17.0 Å². The third kappa shape index (κ3) is 4.25. The van der Waals surface area contributed by atoms with E-state index in [1.165, 1.54) is 52.7 Å². The van der Waals surface area contributed by atoms with Gasteiger partial charge in [0.1, 0.15) is 10.8 Å². The number of nitrogens with zero attached hydrogens (tertiary/aromatic N) is 5. The van der Waals surface area contributed by atoms with Crippen molar-refractivity contribution in [2.45, 2.75) is 5.03 Å². The fourth-order valence-corrected chi connectivity index (χ4v) is 3.29. The second kappa shape index (κ2) is 8.25. The number of halogens is 1. The second-order valence-electron chi connectivity index (χ2n) is 6.11. The van der Waals surface area contributed by atoms with Gasteiger partial charge in [0.25, 0.3) is 5.69 Å². The number of benzene rings is 2. The second-order valence-corrected chi connectivity index (χ2v) is 7.11. The molecule has 0 bridgehead atoms. The van der Waals surface area contributed by atoms with E-state index >= 15 is 0 Å². The van der Waals surface area contributed by atoms with Crippen LogP contribution in [0.15, 0.2) is 65.7 Å². The van der Waals surface area contributed by atoms with Crippen molar-refractivity contribution >= 4 is 34.7 Å². The van der Waals surface area contributed by atoms with E-state index in [0.717, 1.165) is 0 Å². The number of nitrogens with one attached hydrogen (secondary N) is 1. The van der Waals surface area contributed by atoms with Crippen LogP contribution in [0, 0.1) is 15.9 Å². The number of fused-ring (bicyclic) bond motifs is 1. The highest BCUT2D eigenvalue weighted by atomic mass is 32.2. The fraction of sp³-hybridized carbons (Fsp3) is 0.0526. The largest absolute Gasteiger partial charge is 0.325 e. The SMILES string of the molecule is O=C(CSc1ccc2nnc(-c3ccc(F)cc3)n2n1)Nc1ccc([N+](=O)[O-])cc1. The van der Waals surface area contributed by atoms with Gasteiger partial charge < -0.3 is 5.32 Å². The molecule has 2 aromatic heterocycles. The molecule has 150 valence electrons. The van der Waals surface area contributed by atoms with E-state index in [0.29, 0.717) is 27.7 Å². The Morgan fingerprint density at radius 1 is 1.07 bits per heavy atom. The zero-order valence-corrected chi connectivity index (χ0v) is 16.0.